The van der Waals surface area contributed by atoms with Crippen molar-refractivity contribution in [1.29, 1.82) is 0 Å². The highest BCUT2D eigenvalue weighted by atomic mass is 32.2. The molecule has 2 aromatic carbocycles. The number of nitrogens with zero attached hydrogens (tertiary/aromatic N) is 1. The van der Waals surface area contributed by atoms with Gasteiger partial charge in [-0.3, -0.25) is 9.10 Å². The van der Waals surface area contributed by atoms with Crippen LogP contribution >= 0.6 is 11.3 Å². The monoisotopic (exact) mass is 464 g/mol. The number of rotatable bonds is 9. The molecule has 3 aromatic rings. The van der Waals surface area contributed by atoms with Gasteiger partial charge >= 0.3 is 0 Å². The summed E-state index contributed by atoms with van der Waals surface area (Å²) < 4.78 is 51.0. The summed E-state index contributed by atoms with van der Waals surface area (Å²) >= 11 is 1.14. The molecule has 0 aliphatic carbocycles. The number of benzene rings is 2. The van der Waals surface area contributed by atoms with E-state index in [2.05, 4.69) is 5.32 Å². The predicted octanol–water partition coefficient (Wildman–Crippen LogP) is 4.13. The summed E-state index contributed by atoms with van der Waals surface area (Å²) in [5.41, 5.74) is 0.736. The number of halogens is 1. The predicted molar refractivity (Wildman–Crippen MR) is 118 cm³/mol. The van der Waals surface area contributed by atoms with Crippen LogP contribution in [0.2, 0.25) is 0 Å². The molecule has 0 unspecified atom stereocenters. The van der Waals surface area contributed by atoms with Crippen molar-refractivity contribution in [3.8, 4) is 11.5 Å². The SMILES string of the molecule is CCOc1ccc(NC(=O)COc2ccc(N(C)S(=O)(=O)c3cccs3)cc2)cc1F. The van der Waals surface area contributed by atoms with Crippen LogP contribution in [0.5, 0.6) is 11.5 Å². The topological polar surface area (TPSA) is 84.9 Å². The second-order valence-electron chi connectivity index (χ2n) is 6.31. The van der Waals surface area contributed by atoms with Gasteiger partial charge in [-0.05, 0) is 54.8 Å². The summed E-state index contributed by atoms with van der Waals surface area (Å²) in [5.74, 6) is -0.538. The molecule has 1 N–H and O–H groups in total. The first kappa shape index (κ1) is 22.6. The van der Waals surface area contributed by atoms with E-state index in [1.165, 1.54) is 29.6 Å². The number of ether oxygens (including phenoxy) is 2. The number of carbonyl (C=O) groups is 1. The Bertz CT molecular complexity index is 1130. The average Bonchev–Trinajstić information content (AvgIpc) is 3.30. The summed E-state index contributed by atoms with van der Waals surface area (Å²) in [7, 11) is -2.16. The molecule has 0 aliphatic rings. The molecular weight excluding hydrogens is 443 g/mol. The summed E-state index contributed by atoms with van der Waals surface area (Å²) in [6.45, 7) is 1.79. The van der Waals surface area contributed by atoms with E-state index in [0.29, 0.717) is 18.0 Å². The smallest absolute Gasteiger partial charge is 0.273 e. The Balaban J connectivity index is 1.56. The van der Waals surface area contributed by atoms with Gasteiger partial charge in [0.15, 0.2) is 18.2 Å². The maximum absolute atomic E-state index is 13.9. The largest absolute Gasteiger partial charge is 0.491 e. The maximum atomic E-state index is 13.9. The van der Waals surface area contributed by atoms with Gasteiger partial charge < -0.3 is 14.8 Å². The van der Waals surface area contributed by atoms with Crippen molar-refractivity contribution in [1.82, 2.24) is 0 Å². The number of sulfonamides is 1. The number of anilines is 2. The number of amides is 1. The fourth-order valence-corrected chi connectivity index (χ4v) is 4.99. The van der Waals surface area contributed by atoms with Crippen molar-refractivity contribution in [2.24, 2.45) is 0 Å². The zero-order valence-electron chi connectivity index (χ0n) is 16.9. The van der Waals surface area contributed by atoms with Crippen LogP contribution in [0.1, 0.15) is 6.92 Å². The Hall–Kier alpha value is -3.11. The Morgan fingerprint density at radius 3 is 2.48 bits per heavy atom. The van der Waals surface area contributed by atoms with Gasteiger partial charge in [-0.2, -0.15) is 0 Å². The van der Waals surface area contributed by atoms with Gasteiger partial charge in [-0.15, -0.1) is 11.3 Å². The van der Waals surface area contributed by atoms with Gasteiger partial charge in [0, 0.05) is 18.8 Å². The third-order valence-corrected chi connectivity index (χ3v) is 7.35. The second-order valence-corrected chi connectivity index (χ2v) is 9.46. The van der Waals surface area contributed by atoms with Gasteiger partial charge in [0.25, 0.3) is 15.9 Å². The Morgan fingerprint density at radius 1 is 1.13 bits per heavy atom. The fourth-order valence-electron chi connectivity index (χ4n) is 2.63. The molecule has 1 aromatic heterocycles. The first-order chi connectivity index (χ1) is 14.8. The molecule has 3 rings (SSSR count). The zero-order valence-corrected chi connectivity index (χ0v) is 18.5. The molecule has 0 saturated carbocycles. The highest BCUT2D eigenvalue weighted by Gasteiger charge is 2.22. The molecule has 0 saturated heterocycles. The van der Waals surface area contributed by atoms with Gasteiger partial charge in [0.05, 0.1) is 12.3 Å². The van der Waals surface area contributed by atoms with Crippen LogP contribution in [0.4, 0.5) is 15.8 Å². The van der Waals surface area contributed by atoms with Crippen LogP contribution in [-0.2, 0) is 14.8 Å². The lowest BCUT2D eigenvalue weighted by Gasteiger charge is -2.18. The second kappa shape index (κ2) is 9.80. The summed E-state index contributed by atoms with van der Waals surface area (Å²) in [6, 6.07) is 13.7. The molecule has 0 spiro atoms. The highest BCUT2D eigenvalue weighted by Crippen LogP contribution is 2.26. The summed E-state index contributed by atoms with van der Waals surface area (Å²) in [6.07, 6.45) is 0. The molecule has 1 heterocycles. The molecule has 0 aliphatic heterocycles. The quantitative estimate of drug-likeness (QED) is 0.515. The van der Waals surface area contributed by atoms with Crippen molar-refractivity contribution < 1.29 is 27.1 Å². The lowest BCUT2D eigenvalue weighted by Crippen LogP contribution is -2.25. The van der Waals surface area contributed by atoms with Crippen molar-refractivity contribution in [2.75, 3.05) is 29.9 Å². The number of hydrogen-bond donors (Lipinski definition) is 1. The summed E-state index contributed by atoms with van der Waals surface area (Å²) in [4.78, 5) is 12.1. The molecule has 31 heavy (non-hydrogen) atoms. The summed E-state index contributed by atoms with van der Waals surface area (Å²) in [5, 5.41) is 4.24. The lowest BCUT2D eigenvalue weighted by atomic mass is 10.3. The number of thiophene rings is 1. The Labute approximate surface area is 184 Å². The van der Waals surface area contributed by atoms with Gasteiger partial charge in [-0.1, -0.05) is 6.07 Å². The highest BCUT2D eigenvalue weighted by molar-refractivity contribution is 7.94. The fraction of sp³-hybridized carbons (Fsp3) is 0.190. The Morgan fingerprint density at radius 2 is 1.87 bits per heavy atom. The third-order valence-electron chi connectivity index (χ3n) is 4.20. The minimum atomic E-state index is -3.62. The minimum Gasteiger partial charge on any atom is -0.491 e. The van der Waals surface area contributed by atoms with Crippen LogP contribution in [0.3, 0.4) is 0 Å². The molecular formula is C21H21FN2O5S2. The zero-order chi connectivity index (χ0) is 22.4. The van der Waals surface area contributed by atoms with E-state index >= 15 is 0 Å². The van der Waals surface area contributed by atoms with Crippen LogP contribution in [-0.4, -0.2) is 34.6 Å². The average molecular weight is 465 g/mol. The van der Waals surface area contributed by atoms with Crippen molar-refractivity contribution >= 4 is 38.6 Å². The van der Waals surface area contributed by atoms with Crippen LogP contribution < -0.4 is 19.1 Å². The van der Waals surface area contributed by atoms with Gasteiger partial charge in [-0.25, -0.2) is 12.8 Å². The normalized spacial score (nSPS) is 11.1. The van der Waals surface area contributed by atoms with E-state index in [1.54, 1.807) is 48.7 Å². The van der Waals surface area contributed by atoms with Crippen molar-refractivity contribution in [3.63, 3.8) is 0 Å². The van der Waals surface area contributed by atoms with Crippen molar-refractivity contribution in [3.05, 3.63) is 65.8 Å². The van der Waals surface area contributed by atoms with E-state index in [0.717, 1.165) is 11.3 Å². The van der Waals surface area contributed by atoms with Crippen LogP contribution in [0.15, 0.2) is 64.2 Å². The van der Waals surface area contributed by atoms with E-state index in [-0.39, 0.29) is 22.3 Å². The van der Waals surface area contributed by atoms with Gasteiger partial charge in [0.2, 0.25) is 0 Å². The molecule has 0 radical (unpaired) electrons. The van der Waals surface area contributed by atoms with Gasteiger partial charge in [0.1, 0.15) is 9.96 Å². The minimum absolute atomic E-state index is 0.114. The number of nitrogens with one attached hydrogen (secondary N) is 1. The standard InChI is InChI=1S/C21H21FN2O5S2/c1-3-28-19-11-6-15(13-18(19)22)23-20(25)14-29-17-9-7-16(8-10-17)24(2)31(26,27)21-5-4-12-30-21/h4-13H,3,14H2,1-2H3,(H,23,25). The Kier molecular flexibility index (Phi) is 7.13. The first-order valence-corrected chi connectivity index (χ1v) is 11.6. The molecule has 0 fully saturated rings. The molecule has 1 amide bonds. The number of hydrogen-bond acceptors (Lipinski definition) is 6. The van der Waals surface area contributed by atoms with Crippen LogP contribution in [0, 0.1) is 5.82 Å². The molecule has 0 bridgehead atoms. The lowest BCUT2D eigenvalue weighted by molar-refractivity contribution is -0.118. The molecule has 164 valence electrons. The van der Waals surface area contributed by atoms with Crippen LogP contribution in [0.25, 0.3) is 0 Å². The van der Waals surface area contributed by atoms with E-state index in [9.17, 15) is 17.6 Å². The maximum Gasteiger partial charge on any atom is 0.273 e. The number of carbonyl (C=O) groups excluding carboxylic acids is 1. The molecule has 7 nitrogen and oxygen atoms in total. The van der Waals surface area contributed by atoms with E-state index in [4.69, 9.17) is 9.47 Å². The third kappa shape index (κ3) is 5.53. The van der Waals surface area contributed by atoms with Crippen molar-refractivity contribution in [2.45, 2.75) is 11.1 Å². The molecule has 0 atom stereocenters. The van der Waals surface area contributed by atoms with E-state index < -0.39 is 21.7 Å². The van der Waals surface area contributed by atoms with E-state index in [1.807, 2.05) is 0 Å². The molecule has 10 heteroatoms. The first-order valence-electron chi connectivity index (χ1n) is 9.28.